The number of ether oxygens (including phenoxy) is 2. The lowest BCUT2D eigenvalue weighted by atomic mass is 10.0. The van der Waals surface area contributed by atoms with Crippen LogP contribution in [0.5, 0.6) is 0 Å². The fourth-order valence-corrected chi connectivity index (χ4v) is 4.11. The van der Waals surface area contributed by atoms with Crippen LogP contribution in [0, 0.1) is 24.2 Å². The van der Waals surface area contributed by atoms with Gasteiger partial charge < -0.3 is 20.2 Å². The molecule has 2 amide bonds. The van der Waals surface area contributed by atoms with Crippen molar-refractivity contribution in [2.24, 2.45) is 11.8 Å². The van der Waals surface area contributed by atoms with Gasteiger partial charge in [-0.1, -0.05) is 50.2 Å². The second-order valence-electron chi connectivity index (χ2n) is 8.87. The summed E-state index contributed by atoms with van der Waals surface area (Å²) in [5.74, 6) is -9.15. The average molecular weight is 544 g/mol. The molecular formula is C29H35F2N3O5. The van der Waals surface area contributed by atoms with Crippen molar-refractivity contribution in [3.8, 4) is 0 Å². The number of esters is 1. The number of alkyl carbamates (subject to hydrolysis) is 1. The van der Waals surface area contributed by atoms with E-state index in [0.29, 0.717) is 11.1 Å². The molecule has 0 aliphatic heterocycles. The van der Waals surface area contributed by atoms with Crippen LogP contribution < -0.4 is 10.6 Å². The smallest absolute Gasteiger partial charge is 0.412 e. The molecule has 0 bridgehead atoms. The van der Waals surface area contributed by atoms with Crippen molar-refractivity contribution in [2.45, 2.75) is 53.6 Å². The number of alkyl halides is 2. The summed E-state index contributed by atoms with van der Waals surface area (Å²) in [5, 5.41) is 13.1. The fourth-order valence-electron chi connectivity index (χ4n) is 4.11. The second kappa shape index (κ2) is 13.1. The van der Waals surface area contributed by atoms with Crippen molar-refractivity contribution in [3.63, 3.8) is 0 Å². The minimum absolute atomic E-state index is 0.0974. The highest BCUT2D eigenvalue weighted by Crippen LogP contribution is 2.56. The van der Waals surface area contributed by atoms with Crippen LogP contribution in [-0.4, -0.2) is 36.7 Å². The molecule has 1 aliphatic carbocycles. The highest BCUT2D eigenvalue weighted by Gasteiger charge is 2.76. The van der Waals surface area contributed by atoms with E-state index >= 15 is 0 Å². The van der Waals surface area contributed by atoms with E-state index in [-0.39, 0.29) is 17.1 Å². The van der Waals surface area contributed by atoms with Gasteiger partial charge in [-0.3, -0.25) is 14.9 Å². The molecule has 0 spiro atoms. The van der Waals surface area contributed by atoms with E-state index in [9.17, 15) is 23.2 Å². The topological polar surface area (TPSA) is 118 Å². The number of anilines is 1. The van der Waals surface area contributed by atoms with Crippen LogP contribution in [0.2, 0.25) is 0 Å². The normalized spacial score (nSPS) is 18.3. The first-order valence-electron chi connectivity index (χ1n) is 12.5. The Balaban J connectivity index is 0.00000260. The maximum Gasteiger partial charge on any atom is 0.412 e. The lowest BCUT2D eigenvalue weighted by Gasteiger charge is -2.18. The predicted molar refractivity (Wildman–Crippen MR) is 146 cm³/mol. The van der Waals surface area contributed by atoms with E-state index in [4.69, 9.17) is 10.1 Å². The molecule has 8 nitrogen and oxygen atoms in total. The van der Waals surface area contributed by atoms with Crippen molar-refractivity contribution in [1.82, 2.24) is 5.32 Å². The van der Waals surface area contributed by atoms with Gasteiger partial charge in [0.15, 0.2) is 0 Å². The van der Waals surface area contributed by atoms with Crippen LogP contribution in [-0.2, 0) is 19.1 Å². The minimum Gasteiger partial charge on any atom is -0.469 e. The highest BCUT2D eigenvalue weighted by molar-refractivity contribution is 6.05. The Labute approximate surface area is 227 Å². The third kappa shape index (κ3) is 7.28. The standard InChI is InChI=1S/C27H29F2N3O5.C2H6/c1-14-8-6-7-9-20(14)17(4)37-26(35)32-23(16(3)30)15(2)18-10-12-19(13-11-18)31-24(33)21-22(25(34)36-5)27(21,28)29;1-2/h6-13,17,21-22,30H,1-5H3,(H,31,33)(H,32,35);1-2H3/b23-15-,30-16?;. The first-order chi connectivity index (χ1) is 18.4. The predicted octanol–water partition coefficient (Wildman–Crippen LogP) is 6.27. The Hall–Kier alpha value is -4.08. The Kier molecular flexibility index (Phi) is 10.5. The van der Waals surface area contributed by atoms with Gasteiger partial charge in [-0.2, -0.15) is 0 Å². The summed E-state index contributed by atoms with van der Waals surface area (Å²) >= 11 is 0. The Morgan fingerprint density at radius 2 is 1.59 bits per heavy atom. The highest BCUT2D eigenvalue weighted by atomic mass is 19.3. The third-order valence-corrected chi connectivity index (χ3v) is 6.26. The van der Waals surface area contributed by atoms with Gasteiger partial charge in [-0.05, 0) is 62.1 Å². The van der Waals surface area contributed by atoms with Crippen molar-refractivity contribution in [1.29, 1.82) is 5.41 Å². The van der Waals surface area contributed by atoms with Gasteiger partial charge in [-0.15, -0.1) is 0 Å². The van der Waals surface area contributed by atoms with Crippen molar-refractivity contribution < 1.29 is 32.6 Å². The maximum absolute atomic E-state index is 13.9. The molecule has 0 radical (unpaired) electrons. The number of hydrogen-bond donors (Lipinski definition) is 3. The molecule has 0 saturated heterocycles. The van der Waals surface area contributed by atoms with Crippen molar-refractivity contribution in [3.05, 3.63) is 70.9 Å². The van der Waals surface area contributed by atoms with Gasteiger partial charge in [0.2, 0.25) is 5.91 Å². The fraction of sp³-hybridized carbons (Fsp3) is 0.379. The van der Waals surface area contributed by atoms with E-state index in [1.165, 1.54) is 19.1 Å². The molecule has 210 valence electrons. The Bertz CT molecular complexity index is 1260. The summed E-state index contributed by atoms with van der Waals surface area (Å²) in [5.41, 5.74) is 3.63. The minimum atomic E-state index is -3.45. The number of carbonyl (C=O) groups is 3. The molecular weight excluding hydrogens is 508 g/mol. The van der Waals surface area contributed by atoms with Gasteiger partial charge in [-0.25, -0.2) is 13.6 Å². The summed E-state index contributed by atoms with van der Waals surface area (Å²) in [4.78, 5) is 36.3. The number of carbonyl (C=O) groups excluding carboxylic acids is 3. The molecule has 0 aromatic heterocycles. The van der Waals surface area contributed by atoms with Crippen molar-refractivity contribution in [2.75, 3.05) is 12.4 Å². The molecule has 10 heteroatoms. The average Bonchev–Trinajstić information content (AvgIpc) is 3.49. The SMILES string of the molecule is CC.COC(=O)C1C(C(=O)Nc2ccc(/C(C)=C(\NC(=O)OC(C)c3ccccc3C)C(C)=N)cc2)C1(F)F. The molecule has 3 atom stereocenters. The van der Waals surface area contributed by atoms with Gasteiger partial charge in [0.25, 0.3) is 5.92 Å². The van der Waals surface area contributed by atoms with Gasteiger partial charge in [0.1, 0.15) is 17.9 Å². The largest absolute Gasteiger partial charge is 0.469 e. The van der Waals surface area contributed by atoms with Crippen LogP contribution in [0.1, 0.15) is 57.4 Å². The number of aryl methyl sites for hydroxylation is 1. The molecule has 39 heavy (non-hydrogen) atoms. The molecule has 3 rings (SSSR count). The second-order valence-corrected chi connectivity index (χ2v) is 8.87. The molecule has 3 unspecified atom stereocenters. The number of amides is 2. The molecule has 2 aromatic rings. The number of methoxy groups -OCH3 is 1. The summed E-state index contributed by atoms with van der Waals surface area (Å²) in [6.07, 6.45) is -1.22. The van der Waals surface area contributed by atoms with Gasteiger partial charge in [0.05, 0.1) is 18.5 Å². The lowest BCUT2D eigenvalue weighted by molar-refractivity contribution is -0.145. The summed E-state index contributed by atoms with van der Waals surface area (Å²) in [7, 11) is 0.990. The first-order valence-corrected chi connectivity index (χ1v) is 12.5. The molecule has 1 fully saturated rings. The molecule has 1 aliphatic rings. The van der Waals surface area contributed by atoms with Crippen LogP contribution in [0.4, 0.5) is 19.3 Å². The number of benzene rings is 2. The Morgan fingerprint density at radius 3 is 2.13 bits per heavy atom. The lowest BCUT2D eigenvalue weighted by Crippen LogP contribution is -2.28. The van der Waals surface area contributed by atoms with Crippen LogP contribution in [0.15, 0.2) is 54.2 Å². The summed E-state index contributed by atoms with van der Waals surface area (Å²) in [6.45, 7) is 10.9. The van der Waals surface area contributed by atoms with E-state index in [2.05, 4.69) is 15.4 Å². The van der Waals surface area contributed by atoms with Crippen LogP contribution in [0.25, 0.3) is 5.57 Å². The van der Waals surface area contributed by atoms with Crippen LogP contribution in [0.3, 0.4) is 0 Å². The number of hydrogen-bond acceptors (Lipinski definition) is 6. The third-order valence-electron chi connectivity index (χ3n) is 6.26. The zero-order chi connectivity index (χ0) is 29.5. The number of halogens is 2. The zero-order valence-corrected chi connectivity index (χ0v) is 23.1. The monoisotopic (exact) mass is 543 g/mol. The quantitative estimate of drug-likeness (QED) is 0.268. The van der Waals surface area contributed by atoms with E-state index < -0.39 is 41.8 Å². The molecule has 2 aromatic carbocycles. The van der Waals surface area contributed by atoms with Gasteiger partial charge in [0, 0.05) is 5.69 Å². The van der Waals surface area contributed by atoms with E-state index in [1.54, 1.807) is 26.0 Å². The summed E-state index contributed by atoms with van der Waals surface area (Å²) in [6, 6.07) is 13.8. The van der Waals surface area contributed by atoms with Crippen molar-refractivity contribution >= 4 is 34.9 Å². The molecule has 3 N–H and O–H groups in total. The van der Waals surface area contributed by atoms with Crippen LogP contribution >= 0.6 is 0 Å². The number of rotatable bonds is 8. The number of allylic oxidation sites excluding steroid dienone is 2. The summed E-state index contributed by atoms with van der Waals surface area (Å²) < 4.78 is 37.5. The van der Waals surface area contributed by atoms with E-state index in [0.717, 1.165) is 18.2 Å². The zero-order valence-electron chi connectivity index (χ0n) is 23.1. The first kappa shape index (κ1) is 31.1. The molecule has 1 saturated carbocycles. The number of nitrogens with one attached hydrogen (secondary N) is 3. The Morgan fingerprint density at radius 1 is 1.00 bits per heavy atom. The van der Waals surface area contributed by atoms with E-state index in [1.807, 2.05) is 45.0 Å². The van der Waals surface area contributed by atoms with Gasteiger partial charge >= 0.3 is 12.1 Å². The maximum atomic E-state index is 13.9. The molecule has 0 heterocycles.